The molecule has 132 valence electrons. The second-order valence-corrected chi connectivity index (χ2v) is 6.38. The van der Waals surface area contributed by atoms with Crippen LogP contribution in [-0.4, -0.2) is 32.0 Å². The number of aryl methyl sites for hydroxylation is 1. The third-order valence-corrected chi connectivity index (χ3v) is 4.63. The lowest BCUT2D eigenvalue weighted by atomic mass is 9.87. The van der Waals surface area contributed by atoms with Gasteiger partial charge in [0.2, 0.25) is 5.91 Å². The van der Waals surface area contributed by atoms with Gasteiger partial charge in [0.25, 0.3) is 0 Å². The summed E-state index contributed by atoms with van der Waals surface area (Å²) >= 11 is 0. The summed E-state index contributed by atoms with van der Waals surface area (Å²) < 4.78 is 46.5. The smallest absolute Gasteiger partial charge is 0.406 e. The van der Waals surface area contributed by atoms with Crippen LogP contribution < -0.4 is 9.64 Å². The molecule has 2 heterocycles. The Bertz CT molecular complexity index is 618. The lowest BCUT2D eigenvalue weighted by Crippen LogP contribution is -2.44. The molecular weight excluding hydrogens is 323 g/mol. The van der Waals surface area contributed by atoms with Gasteiger partial charge in [-0.15, -0.1) is 13.2 Å². The Kier molecular flexibility index (Phi) is 4.71. The van der Waals surface area contributed by atoms with Crippen LogP contribution in [0.3, 0.4) is 0 Å². The van der Waals surface area contributed by atoms with Gasteiger partial charge in [-0.25, -0.2) is 0 Å². The fraction of sp³-hybridized carbons (Fsp3) is 0.588. The molecule has 1 aromatic rings. The summed E-state index contributed by atoms with van der Waals surface area (Å²) in [6.45, 7) is 3.72. The quantitative estimate of drug-likeness (QED) is 0.824. The van der Waals surface area contributed by atoms with Crippen LogP contribution in [0.15, 0.2) is 18.2 Å². The van der Waals surface area contributed by atoms with Crippen LogP contribution in [0.2, 0.25) is 0 Å². The molecule has 24 heavy (non-hydrogen) atoms. The van der Waals surface area contributed by atoms with Crippen molar-refractivity contribution >= 4 is 11.6 Å². The van der Waals surface area contributed by atoms with E-state index in [1.807, 2.05) is 6.92 Å². The largest absolute Gasteiger partial charge is 0.573 e. The van der Waals surface area contributed by atoms with Crippen molar-refractivity contribution in [1.29, 1.82) is 0 Å². The summed E-state index contributed by atoms with van der Waals surface area (Å²) in [6.07, 6.45) is -2.67. The number of ether oxygens (including phenoxy) is 2. The number of nitrogens with zero attached hydrogens (tertiary/aromatic N) is 1. The Balaban J connectivity index is 1.82. The molecule has 0 aliphatic carbocycles. The molecular formula is C17H20F3NO3. The number of hydrogen-bond acceptors (Lipinski definition) is 3. The monoisotopic (exact) mass is 343 g/mol. The zero-order valence-electron chi connectivity index (χ0n) is 13.4. The molecule has 7 heteroatoms. The Morgan fingerprint density at radius 1 is 1.38 bits per heavy atom. The van der Waals surface area contributed by atoms with Crippen molar-refractivity contribution in [2.75, 3.05) is 24.7 Å². The zero-order valence-corrected chi connectivity index (χ0v) is 13.4. The summed E-state index contributed by atoms with van der Waals surface area (Å²) in [5.41, 5.74) is 1.41. The molecule has 2 atom stereocenters. The molecule has 0 aromatic heterocycles. The van der Waals surface area contributed by atoms with E-state index < -0.39 is 6.36 Å². The average Bonchev–Trinajstić information content (AvgIpc) is 2.52. The number of amides is 1. The number of alkyl halides is 3. The van der Waals surface area contributed by atoms with Crippen LogP contribution in [0.25, 0.3) is 0 Å². The van der Waals surface area contributed by atoms with Crippen molar-refractivity contribution < 1.29 is 27.4 Å². The molecule has 2 aliphatic rings. The maximum atomic E-state index is 12.9. The van der Waals surface area contributed by atoms with E-state index in [0.29, 0.717) is 38.3 Å². The highest BCUT2D eigenvalue weighted by molar-refractivity contribution is 5.96. The topological polar surface area (TPSA) is 38.8 Å². The minimum atomic E-state index is -4.71. The lowest BCUT2D eigenvalue weighted by Gasteiger charge is -2.36. The number of carbonyl (C=O) groups excluding carboxylic acids is 1. The first kappa shape index (κ1) is 17.1. The normalized spacial score (nSPS) is 24.4. The van der Waals surface area contributed by atoms with Gasteiger partial charge in [-0.2, -0.15) is 0 Å². The fourth-order valence-corrected chi connectivity index (χ4v) is 3.45. The molecule has 2 aliphatic heterocycles. The van der Waals surface area contributed by atoms with Crippen molar-refractivity contribution in [3.05, 3.63) is 23.8 Å². The van der Waals surface area contributed by atoms with Crippen LogP contribution in [-0.2, 0) is 16.0 Å². The first-order valence-corrected chi connectivity index (χ1v) is 8.13. The van der Waals surface area contributed by atoms with Gasteiger partial charge in [-0.3, -0.25) is 4.79 Å². The van der Waals surface area contributed by atoms with Crippen LogP contribution >= 0.6 is 0 Å². The predicted molar refractivity (Wildman–Crippen MR) is 81.9 cm³/mol. The second kappa shape index (κ2) is 6.63. The molecule has 3 rings (SSSR count). The Hall–Kier alpha value is -1.76. The number of rotatable bonds is 2. The maximum Gasteiger partial charge on any atom is 0.573 e. The molecule has 0 spiro atoms. The lowest BCUT2D eigenvalue weighted by molar-refractivity contribution is -0.274. The summed E-state index contributed by atoms with van der Waals surface area (Å²) in [5, 5.41) is 0. The van der Waals surface area contributed by atoms with Crippen molar-refractivity contribution in [1.82, 2.24) is 0 Å². The van der Waals surface area contributed by atoms with E-state index in [2.05, 4.69) is 4.74 Å². The van der Waals surface area contributed by atoms with Gasteiger partial charge in [0, 0.05) is 31.4 Å². The summed E-state index contributed by atoms with van der Waals surface area (Å²) in [6, 6.07) is 4.21. The zero-order chi connectivity index (χ0) is 17.3. The highest BCUT2D eigenvalue weighted by Gasteiger charge is 2.35. The number of fused-ring (bicyclic) bond motifs is 1. The second-order valence-electron chi connectivity index (χ2n) is 6.38. The summed E-state index contributed by atoms with van der Waals surface area (Å²) in [7, 11) is 0. The van der Waals surface area contributed by atoms with E-state index >= 15 is 0 Å². The first-order valence-electron chi connectivity index (χ1n) is 8.13. The molecule has 0 radical (unpaired) electrons. The van der Waals surface area contributed by atoms with Gasteiger partial charge in [0.15, 0.2) is 0 Å². The highest BCUT2D eigenvalue weighted by Crippen LogP contribution is 2.35. The van der Waals surface area contributed by atoms with Crippen LogP contribution in [0.4, 0.5) is 18.9 Å². The predicted octanol–water partition coefficient (Wildman–Crippen LogP) is 3.54. The number of halogens is 3. The van der Waals surface area contributed by atoms with E-state index in [9.17, 15) is 18.0 Å². The third-order valence-electron chi connectivity index (χ3n) is 4.63. The van der Waals surface area contributed by atoms with E-state index in [4.69, 9.17) is 4.74 Å². The van der Waals surface area contributed by atoms with E-state index in [1.54, 1.807) is 11.0 Å². The molecule has 1 saturated heterocycles. The van der Waals surface area contributed by atoms with Crippen molar-refractivity contribution in [2.45, 2.75) is 32.5 Å². The molecule has 4 nitrogen and oxygen atoms in total. The summed E-state index contributed by atoms with van der Waals surface area (Å²) in [4.78, 5) is 14.6. The number of carbonyl (C=O) groups is 1. The first-order chi connectivity index (χ1) is 11.3. The van der Waals surface area contributed by atoms with Gasteiger partial charge in [0.1, 0.15) is 5.75 Å². The Morgan fingerprint density at radius 2 is 2.17 bits per heavy atom. The fourth-order valence-electron chi connectivity index (χ4n) is 3.45. The Morgan fingerprint density at radius 3 is 2.88 bits per heavy atom. The minimum Gasteiger partial charge on any atom is -0.406 e. The number of anilines is 1. The molecule has 0 N–H and O–H groups in total. The van der Waals surface area contributed by atoms with Gasteiger partial charge in [-0.05, 0) is 48.9 Å². The standard InChI is InChI=1S/C17H20F3NO3/c1-11-10-23-8-6-14(11)16(22)21-7-2-3-12-9-13(4-5-15(12)21)24-17(18,19)20/h4-5,9,11,14H,2-3,6-8,10H2,1H3/t11-,14+/m1/s1. The van der Waals surface area contributed by atoms with Gasteiger partial charge in [-0.1, -0.05) is 6.92 Å². The van der Waals surface area contributed by atoms with Crippen LogP contribution in [0.5, 0.6) is 5.75 Å². The molecule has 1 aromatic carbocycles. The number of hydrogen-bond donors (Lipinski definition) is 0. The van der Waals surface area contributed by atoms with Crippen molar-refractivity contribution in [3.8, 4) is 5.75 Å². The van der Waals surface area contributed by atoms with Crippen molar-refractivity contribution in [2.24, 2.45) is 11.8 Å². The molecule has 0 unspecified atom stereocenters. The maximum absolute atomic E-state index is 12.9. The van der Waals surface area contributed by atoms with Gasteiger partial charge in [0.05, 0.1) is 0 Å². The molecule has 1 amide bonds. The van der Waals surface area contributed by atoms with Crippen molar-refractivity contribution in [3.63, 3.8) is 0 Å². The molecule has 0 saturated carbocycles. The Labute approximate surface area is 138 Å². The molecule has 1 fully saturated rings. The third kappa shape index (κ3) is 3.66. The van der Waals surface area contributed by atoms with E-state index in [-0.39, 0.29) is 23.5 Å². The minimum absolute atomic E-state index is 0.0382. The number of benzene rings is 1. The van der Waals surface area contributed by atoms with Crippen LogP contribution in [0, 0.1) is 11.8 Å². The van der Waals surface area contributed by atoms with Gasteiger partial charge < -0.3 is 14.4 Å². The van der Waals surface area contributed by atoms with E-state index in [1.165, 1.54) is 12.1 Å². The summed E-state index contributed by atoms with van der Waals surface area (Å²) in [5.74, 6) is -0.161. The molecule has 0 bridgehead atoms. The van der Waals surface area contributed by atoms with E-state index in [0.717, 1.165) is 12.0 Å². The SMILES string of the molecule is C[C@@H]1COCC[C@@H]1C(=O)N1CCCc2cc(OC(F)(F)F)ccc21. The van der Waals surface area contributed by atoms with Crippen LogP contribution in [0.1, 0.15) is 25.3 Å². The highest BCUT2D eigenvalue weighted by atomic mass is 19.4. The van der Waals surface area contributed by atoms with Gasteiger partial charge >= 0.3 is 6.36 Å². The average molecular weight is 343 g/mol.